The number of amides is 2. The van der Waals surface area contributed by atoms with Crippen LogP contribution in [0.25, 0.3) is 22.2 Å². The van der Waals surface area contributed by atoms with Gasteiger partial charge in [0.2, 0.25) is 4.87 Å². The fourth-order valence-corrected chi connectivity index (χ4v) is 5.48. The SMILES string of the molecule is O=C1CSC2(C(=O)Nc3ccccc32)N1Nc1nc2ncccc2cc1-c1ccccc1. The van der Waals surface area contributed by atoms with Gasteiger partial charge in [0.15, 0.2) is 11.5 Å². The van der Waals surface area contributed by atoms with Crippen LogP contribution in [-0.4, -0.2) is 32.5 Å². The number of fused-ring (bicyclic) bond motifs is 3. The fraction of sp³-hybridized carbons (Fsp3) is 0.0833. The maximum absolute atomic E-state index is 13.2. The van der Waals surface area contributed by atoms with Crippen molar-refractivity contribution < 1.29 is 9.59 Å². The topological polar surface area (TPSA) is 87.2 Å². The van der Waals surface area contributed by atoms with E-state index in [9.17, 15) is 9.59 Å². The van der Waals surface area contributed by atoms with Gasteiger partial charge in [-0.2, -0.15) is 0 Å². The molecule has 1 atom stereocenters. The minimum Gasteiger partial charge on any atom is -0.322 e. The van der Waals surface area contributed by atoms with Crippen molar-refractivity contribution in [1.82, 2.24) is 15.0 Å². The molecule has 8 heteroatoms. The molecule has 2 aromatic heterocycles. The summed E-state index contributed by atoms with van der Waals surface area (Å²) in [6.07, 6.45) is 1.68. The van der Waals surface area contributed by atoms with Crippen LogP contribution < -0.4 is 10.7 Å². The number of hydrogen-bond donors (Lipinski definition) is 2. The molecular formula is C24H17N5O2S. The van der Waals surface area contributed by atoms with Gasteiger partial charge >= 0.3 is 0 Å². The lowest BCUT2D eigenvalue weighted by Gasteiger charge is -2.33. The monoisotopic (exact) mass is 439 g/mol. The molecule has 2 N–H and O–H groups in total. The lowest BCUT2D eigenvalue weighted by molar-refractivity contribution is -0.134. The molecule has 2 aliphatic rings. The molecule has 2 amide bonds. The Morgan fingerprint density at radius 3 is 2.69 bits per heavy atom. The van der Waals surface area contributed by atoms with Crippen molar-refractivity contribution in [2.75, 3.05) is 16.5 Å². The number of pyridine rings is 2. The van der Waals surface area contributed by atoms with Gasteiger partial charge in [0, 0.05) is 28.4 Å². The molecule has 6 rings (SSSR count). The summed E-state index contributed by atoms with van der Waals surface area (Å²) in [5, 5.41) is 5.22. The van der Waals surface area contributed by atoms with E-state index < -0.39 is 4.87 Å². The summed E-state index contributed by atoms with van der Waals surface area (Å²) >= 11 is 1.30. The van der Waals surface area contributed by atoms with Gasteiger partial charge in [0.25, 0.3) is 11.8 Å². The number of anilines is 2. The maximum atomic E-state index is 13.2. The molecule has 0 bridgehead atoms. The Hall–Kier alpha value is -3.91. The molecular weight excluding hydrogens is 422 g/mol. The van der Waals surface area contributed by atoms with Crippen molar-refractivity contribution in [2.24, 2.45) is 0 Å². The first-order valence-corrected chi connectivity index (χ1v) is 11.1. The molecule has 0 saturated carbocycles. The van der Waals surface area contributed by atoms with Crippen LogP contribution in [0.4, 0.5) is 11.5 Å². The normalized spacial score (nSPS) is 19.4. The second-order valence-corrected chi connectivity index (χ2v) is 8.74. The summed E-state index contributed by atoms with van der Waals surface area (Å²) in [7, 11) is 0. The molecule has 0 radical (unpaired) electrons. The average molecular weight is 440 g/mol. The number of rotatable bonds is 3. The number of nitrogens with one attached hydrogen (secondary N) is 2. The van der Waals surface area contributed by atoms with Crippen molar-refractivity contribution in [3.8, 4) is 11.1 Å². The predicted octanol–water partition coefficient (Wildman–Crippen LogP) is 4.00. The highest BCUT2D eigenvalue weighted by Gasteiger charge is 2.58. The zero-order valence-electron chi connectivity index (χ0n) is 16.8. The van der Waals surface area contributed by atoms with Crippen LogP contribution in [-0.2, 0) is 14.5 Å². The molecule has 0 aliphatic carbocycles. The Morgan fingerprint density at radius 1 is 1.00 bits per heavy atom. The van der Waals surface area contributed by atoms with Gasteiger partial charge in [-0.05, 0) is 29.8 Å². The van der Waals surface area contributed by atoms with E-state index in [4.69, 9.17) is 4.98 Å². The summed E-state index contributed by atoms with van der Waals surface area (Å²) in [4.78, 5) is 34.1. The largest absolute Gasteiger partial charge is 0.322 e. The number of thioether (sulfide) groups is 1. The van der Waals surface area contributed by atoms with Crippen LogP contribution in [0.5, 0.6) is 0 Å². The summed E-state index contributed by atoms with van der Waals surface area (Å²) in [6.45, 7) is 0. The van der Waals surface area contributed by atoms with Crippen LogP contribution in [0.3, 0.4) is 0 Å². The fourth-order valence-electron chi connectivity index (χ4n) is 4.23. The third kappa shape index (κ3) is 2.69. The molecule has 2 aliphatic heterocycles. The molecule has 4 aromatic rings. The Labute approximate surface area is 187 Å². The van der Waals surface area contributed by atoms with E-state index in [1.807, 2.05) is 72.8 Å². The quantitative estimate of drug-likeness (QED) is 0.502. The van der Waals surface area contributed by atoms with Crippen LogP contribution in [0, 0.1) is 0 Å². The van der Waals surface area contributed by atoms with E-state index in [-0.39, 0.29) is 17.6 Å². The molecule has 1 unspecified atom stereocenters. The first-order chi connectivity index (χ1) is 15.7. The zero-order chi connectivity index (χ0) is 21.7. The number of carbonyl (C=O) groups excluding carboxylic acids is 2. The van der Waals surface area contributed by atoms with Gasteiger partial charge in [0.1, 0.15) is 0 Å². The first kappa shape index (κ1) is 18.8. The van der Waals surface area contributed by atoms with Crippen molar-refractivity contribution in [2.45, 2.75) is 4.87 Å². The maximum Gasteiger partial charge on any atom is 0.267 e. The smallest absolute Gasteiger partial charge is 0.267 e. The van der Waals surface area contributed by atoms with Crippen LogP contribution in [0.15, 0.2) is 79.0 Å². The minimum absolute atomic E-state index is 0.182. The Bertz CT molecular complexity index is 1390. The number of carbonyl (C=O) groups is 2. The summed E-state index contributed by atoms with van der Waals surface area (Å²) in [5.41, 5.74) is 6.99. The minimum atomic E-state index is -1.19. The third-order valence-electron chi connectivity index (χ3n) is 5.71. The van der Waals surface area contributed by atoms with Crippen molar-refractivity contribution in [1.29, 1.82) is 0 Å². The number of hydrogen-bond acceptors (Lipinski definition) is 6. The molecule has 1 fully saturated rings. The Balaban J connectivity index is 1.51. The third-order valence-corrected chi connectivity index (χ3v) is 7.11. The highest BCUT2D eigenvalue weighted by Crippen LogP contribution is 2.52. The highest BCUT2D eigenvalue weighted by atomic mass is 32.2. The first-order valence-electron chi connectivity index (χ1n) is 10.1. The summed E-state index contributed by atoms with van der Waals surface area (Å²) in [5.74, 6) is 0.210. The Morgan fingerprint density at radius 2 is 1.81 bits per heavy atom. The molecule has 156 valence electrons. The lowest BCUT2D eigenvalue weighted by atomic mass is 10.0. The van der Waals surface area contributed by atoms with E-state index in [1.54, 1.807) is 6.20 Å². The number of nitrogens with zero attached hydrogens (tertiary/aromatic N) is 3. The van der Waals surface area contributed by atoms with Crippen molar-refractivity contribution in [3.63, 3.8) is 0 Å². The van der Waals surface area contributed by atoms with Crippen LogP contribution in [0.2, 0.25) is 0 Å². The molecule has 7 nitrogen and oxygen atoms in total. The second-order valence-electron chi connectivity index (χ2n) is 7.57. The number of benzene rings is 2. The number of aromatic nitrogens is 2. The van der Waals surface area contributed by atoms with Crippen LogP contribution in [0.1, 0.15) is 5.56 Å². The van der Waals surface area contributed by atoms with E-state index >= 15 is 0 Å². The molecule has 32 heavy (non-hydrogen) atoms. The van der Waals surface area contributed by atoms with Crippen LogP contribution >= 0.6 is 11.8 Å². The van der Waals surface area contributed by atoms with Gasteiger partial charge in [-0.1, -0.05) is 48.5 Å². The molecule has 1 saturated heterocycles. The van der Waals surface area contributed by atoms with E-state index in [0.717, 1.165) is 22.1 Å². The van der Waals surface area contributed by atoms with E-state index in [1.165, 1.54) is 16.8 Å². The van der Waals surface area contributed by atoms with Gasteiger partial charge < -0.3 is 5.32 Å². The van der Waals surface area contributed by atoms with Gasteiger partial charge in [-0.3, -0.25) is 15.0 Å². The van der Waals surface area contributed by atoms with Gasteiger partial charge in [-0.25, -0.2) is 15.0 Å². The summed E-state index contributed by atoms with van der Waals surface area (Å²) < 4.78 is 0. The molecule has 1 spiro atoms. The number of para-hydroxylation sites is 1. The van der Waals surface area contributed by atoms with Crippen molar-refractivity contribution in [3.05, 3.63) is 84.6 Å². The van der Waals surface area contributed by atoms with E-state index in [0.29, 0.717) is 17.2 Å². The second kappa shape index (κ2) is 7.06. The lowest BCUT2D eigenvalue weighted by Crippen LogP contribution is -2.50. The van der Waals surface area contributed by atoms with Gasteiger partial charge in [-0.15, -0.1) is 11.8 Å². The Kier molecular flexibility index (Phi) is 4.16. The molecule has 2 aromatic carbocycles. The molecule has 4 heterocycles. The zero-order valence-corrected chi connectivity index (χ0v) is 17.6. The predicted molar refractivity (Wildman–Crippen MR) is 125 cm³/mol. The van der Waals surface area contributed by atoms with E-state index in [2.05, 4.69) is 15.7 Å². The summed E-state index contributed by atoms with van der Waals surface area (Å²) in [6, 6.07) is 23.1. The van der Waals surface area contributed by atoms with Gasteiger partial charge in [0.05, 0.1) is 5.75 Å². The number of hydrazine groups is 1. The highest BCUT2D eigenvalue weighted by molar-refractivity contribution is 8.02. The average Bonchev–Trinajstić information content (AvgIpc) is 3.31. The standard InChI is InChI=1S/C24H17N5O2S/c30-20-14-32-24(18-10-4-5-11-19(18)26-23(24)31)29(20)28-22-17(15-7-2-1-3-8-15)13-16-9-6-12-25-21(16)27-22/h1-13H,14H2,(H,26,31)(H,25,27,28). The van der Waals surface area contributed by atoms with Crippen molar-refractivity contribution >= 4 is 46.1 Å².